The molecule has 1 atom stereocenters. The van der Waals surface area contributed by atoms with Crippen LogP contribution in [0, 0.1) is 0 Å². The summed E-state index contributed by atoms with van der Waals surface area (Å²) in [5.41, 5.74) is 1.84. The van der Waals surface area contributed by atoms with E-state index in [0.29, 0.717) is 17.6 Å². The number of fused-ring (bicyclic) bond motifs is 1. The molecule has 0 N–H and O–H groups in total. The zero-order valence-electron chi connectivity index (χ0n) is 15.7. The molecule has 0 bridgehead atoms. The van der Waals surface area contributed by atoms with E-state index in [1.54, 1.807) is 34.7 Å². The summed E-state index contributed by atoms with van der Waals surface area (Å²) in [7, 11) is 0. The van der Waals surface area contributed by atoms with Crippen molar-refractivity contribution in [2.24, 2.45) is 0 Å². The number of carbonyl (C=O) groups excluding carboxylic acids is 2. The summed E-state index contributed by atoms with van der Waals surface area (Å²) in [5, 5.41) is 8.07. The molecule has 0 spiro atoms. The highest BCUT2D eigenvalue weighted by atomic mass is 16.5. The van der Waals surface area contributed by atoms with E-state index in [0.717, 1.165) is 5.52 Å². The first-order valence-corrected chi connectivity index (χ1v) is 8.62. The maximum Gasteiger partial charge on any atom is 0.338 e. The van der Waals surface area contributed by atoms with Gasteiger partial charge in [-0.05, 0) is 59.7 Å². The number of nitrogens with zero attached hydrogens (tertiary/aromatic N) is 4. The van der Waals surface area contributed by atoms with Crippen LogP contribution in [-0.4, -0.2) is 50.0 Å². The molecule has 25 heavy (non-hydrogen) atoms. The third-order valence-electron chi connectivity index (χ3n) is 4.05. The maximum absolute atomic E-state index is 12.6. The highest BCUT2D eigenvalue weighted by Gasteiger charge is 2.28. The van der Waals surface area contributed by atoms with Crippen molar-refractivity contribution in [3.63, 3.8) is 0 Å². The van der Waals surface area contributed by atoms with Gasteiger partial charge in [-0.1, -0.05) is 5.21 Å². The molecule has 1 aromatic heterocycles. The molecule has 7 nitrogen and oxygen atoms in total. The third kappa shape index (κ3) is 3.97. The number of hydrogen-bond donors (Lipinski definition) is 0. The predicted octanol–water partition coefficient (Wildman–Crippen LogP) is 2.64. The van der Waals surface area contributed by atoms with Crippen molar-refractivity contribution in [3.05, 3.63) is 23.8 Å². The second kappa shape index (κ2) is 7.63. The molecule has 1 heterocycles. The number of rotatable bonds is 6. The molecule has 0 unspecified atom stereocenters. The first-order chi connectivity index (χ1) is 11.8. The van der Waals surface area contributed by atoms with Gasteiger partial charge in [-0.2, -0.15) is 0 Å². The summed E-state index contributed by atoms with van der Waals surface area (Å²) in [6.07, 6.45) is -0.848. The maximum atomic E-state index is 12.6. The smallest absolute Gasteiger partial charge is 0.338 e. The van der Waals surface area contributed by atoms with E-state index in [4.69, 9.17) is 4.74 Å². The Morgan fingerprint density at radius 3 is 2.36 bits per heavy atom. The van der Waals surface area contributed by atoms with Gasteiger partial charge in [-0.3, -0.25) is 4.79 Å². The molecular formula is C18H26N4O3. The quantitative estimate of drug-likeness (QED) is 0.752. The second-order valence-electron chi connectivity index (χ2n) is 6.59. The van der Waals surface area contributed by atoms with Crippen LogP contribution in [0.3, 0.4) is 0 Å². The monoisotopic (exact) mass is 346 g/mol. The molecule has 0 saturated heterocycles. The minimum Gasteiger partial charge on any atom is -0.449 e. The van der Waals surface area contributed by atoms with Gasteiger partial charge in [0.25, 0.3) is 5.91 Å². The molecule has 0 radical (unpaired) electrons. The Morgan fingerprint density at radius 2 is 1.80 bits per heavy atom. The average molecular weight is 346 g/mol. The number of amides is 1. The van der Waals surface area contributed by atoms with Gasteiger partial charge < -0.3 is 9.64 Å². The standard InChI is InChI=1S/C18H26N4O3/c1-7-21-16-9-8-14(10-15(16)19-20-21)18(24)25-13(6)17(23)22(11(2)3)12(4)5/h8-13H,7H2,1-6H3/t13-/m0/s1. The fourth-order valence-electron chi connectivity index (χ4n) is 2.93. The largest absolute Gasteiger partial charge is 0.449 e. The first kappa shape index (κ1) is 18.9. The van der Waals surface area contributed by atoms with E-state index in [-0.39, 0.29) is 18.0 Å². The number of hydrogen-bond acceptors (Lipinski definition) is 5. The zero-order chi connectivity index (χ0) is 18.7. The van der Waals surface area contributed by atoms with Crippen LogP contribution in [-0.2, 0) is 16.1 Å². The normalized spacial score (nSPS) is 12.6. The molecule has 2 rings (SSSR count). The Hall–Kier alpha value is -2.44. The first-order valence-electron chi connectivity index (χ1n) is 8.62. The molecule has 1 aromatic carbocycles. The van der Waals surface area contributed by atoms with Crippen LogP contribution < -0.4 is 0 Å². The van der Waals surface area contributed by atoms with Gasteiger partial charge in [0.05, 0.1) is 11.1 Å². The summed E-state index contributed by atoms with van der Waals surface area (Å²) >= 11 is 0. The van der Waals surface area contributed by atoms with E-state index in [9.17, 15) is 9.59 Å². The van der Waals surface area contributed by atoms with Gasteiger partial charge in [0.2, 0.25) is 0 Å². The van der Waals surface area contributed by atoms with E-state index in [1.165, 1.54) is 0 Å². The second-order valence-corrected chi connectivity index (χ2v) is 6.59. The SMILES string of the molecule is CCn1nnc2cc(C(=O)O[C@@H](C)C(=O)N(C(C)C)C(C)C)ccc21. The van der Waals surface area contributed by atoms with Crippen molar-refractivity contribution < 1.29 is 14.3 Å². The Kier molecular flexibility index (Phi) is 5.77. The van der Waals surface area contributed by atoms with Crippen molar-refractivity contribution in [2.45, 2.75) is 66.3 Å². The minimum atomic E-state index is -0.848. The van der Waals surface area contributed by atoms with Gasteiger partial charge in [-0.15, -0.1) is 5.10 Å². The van der Waals surface area contributed by atoms with Gasteiger partial charge in [0.1, 0.15) is 5.52 Å². The van der Waals surface area contributed by atoms with Crippen LogP contribution in [0.15, 0.2) is 18.2 Å². The van der Waals surface area contributed by atoms with Gasteiger partial charge in [0.15, 0.2) is 6.10 Å². The van der Waals surface area contributed by atoms with Crippen molar-refractivity contribution in [3.8, 4) is 0 Å². The number of ether oxygens (including phenoxy) is 1. The van der Waals surface area contributed by atoms with Crippen LogP contribution in [0.5, 0.6) is 0 Å². The molecule has 0 aliphatic heterocycles. The number of carbonyl (C=O) groups is 2. The van der Waals surface area contributed by atoms with Crippen molar-refractivity contribution in [1.29, 1.82) is 0 Å². The van der Waals surface area contributed by atoms with Gasteiger partial charge in [0, 0.05) is 18.6 Å². The molecule has 0 fully saturated rings. The lowest BCUT2D eigenvalue weighted by atomic mass is 10.2. The van der Waals surface area contributed by atoms with Crippen molar-refractivity contribution >= 4 is 22.9 Å². The Morgan fingerprint density at radius 1 is 1.16 bits per heavy atom. The topological polar surface area (TPSA) is 77.3 Å². The third-order valence-corrected chi connectivity index (χ3v) is 4.05. The lowest BCUT2D eigenvalue weighted by Gasteiger charge is -2.32. The van der Waals surface area contributed by atoms with Crippen LogP contribution in [0.25, 0.3) is 11.0 Å². The summed E-state index contributed by atoms with van der Waals surface area (Å²) in [6.45, 7) is 12.0. The molecule has 0 saturated carbocycles. The van der Waals surface area contributed by atoms with E-state index >= 15 is 0 Å². The Balaban J connectivity index is 2.14. The number of benzene rings is 1. The highest BCUT2D eigenvalue weighted by molar-refractivity contribution is 5.95. The lowest BCUT2D eigenvalue weighted by molar-refractivity contribution is -0.143. The van der Waals surface area contributed by atoms with Crippen molar-refractivity contribution in [2.75, 3.05) is 0 Å². The lowest BCUT2D eigenvalue weighted by Crippen LogP contribution is -2.47. The zero-order valence-corrected chi connectivity index (χ0v) is 15.7. The summed E-state index contributed by atoms with van der Waals surface area (Å²) in [5.74, 6) is -0.738. The van der Waals surface area contributed by atoms with Crippen LogP contribution >= 0.6 is 0 Å². The molecule has 0 aliphatic rings. The predicted molar refractivity (Wildman–Crippen MR) is 95.2 cm³/mol. The Labute approximate surface area is 147 Å². The van der Waals surface area contributed by atoms with Crippen LogP contribution in [0.2, 0.25) is 0 Å². The summed E-state index contributed by atoms with van der Waals surface area (Å²) < 4.78 is 7.13. The molecule has 1 amide bonds. The molecule has 0 aliphatic carbocycles. The minimum absolute atomic E-state index is 0.0362. The Bertz CT molecular complexity index is 759. The molecule has 7 heteroatoms. The van der Waals surface area contributed by atoms with Crippen LogP contribution in [0.4, 0.5) is 0 Å². The number of aryl methyl sites for hydroxylation is 1. The van der Waals surface area contributed by atoms with E-state index in [1.807, 2.05) is 34.6 Å². The summed E-state index contributed by atoms with van der Waals surface area (Å²) in [4.78, 5) is 26.7. The molecule has 2 aromatic rings. The van der Waals surface area contributed by atoms with E-state index in [2.05, 4.69) is 10.3 Å². The van der Waals surface area contributed by atoms with Crippen molar-refractivity contribution in [1.82, 2.24) is 19.9 Å². The van der Waals surface area contributed by atoms with Gasteiger partial charge >= 0.3 is 5.97 Å². The fraction of sp³-hybridized carbons (Fsp3) is 0.556. The van der Waals surface area contributed by atoms with E-state index < -0.39 is 12.1 Å². The average Bonchev–Trinajstić information content (AvgIpc) is 2.96. The van der Waals surface area contributed by atoms with Crippen LogP contribution in [0.1, 0.15) is 51.9 Å². The molecule has 136 valence electrons. The molecular weight excluding hydrogens is 320 g/mol. The van der Waals surface area contributed by atoms with Gasteiger partial charge in [-0.25, -0.2) is 9.48 Å². The fourth-order valence-corrected chi connectivity index (χ4v) is 2.93. The summed E-state index contributed by atoms with van der Waals surface area (Å²) in [6, 6.07) is 5.16. The number of aromatic nitrogens is 3. The highest BCUT2D eigenvalue weighted by Crippen LogP contribution is 2.16. The number of esters is 1.